The van der Waals surface area contributed by atoms with Gasteiger partial charge in [-0.3, -0.25) is 0 Å². The van der Waals surface area contributed by atoms with E-state index in [2.05, 4.69) is 41.6 Å². The third kappa shape index (κ3) is 2.97. The van der Waals surface area contributed by atoms with E-state index in [1.165, 1.54) is 9.75 Å². The van der Waals surface area contributed by atoms with Gasteiger partial charge in [0.1, 0.15) is 11.6 Å². The number of pyridine rings is 1. The lowest BCUT2D eigenvalue weighted by atomic mass is 10.2. The Hall–Kier alpha value is -1.55. The monoisotopic (exact) mass is 247 g/mol. The molecule has 2 aromatic heterocycles. The summed E-state index contributed by atoms with van der Waals surface area (Å²) in [6.07, 6.45) is 0. The molecule has 17 heavy (non-hydrogen) atoms. The fraction of sp³-hybridized carbons (Fsp3) is 0.308. The summed E-state index contributed by atoms with van der Waals surface area (Å²) >= 11 is 1.82. The standard InChI is InChI=1S/C13H17N3S/c1-9-7-8-11(17-9)10(2)15-13-6-4-5-12(14-3)16-13/h4-8,10H,1-3H3,(H2,14,15,16). The summed E-state index contributed by atoms with van der Waals surface area (Å²) in [6, 6.07) is 10.5. The van der Waals surface area contributed by atoms with Crippen LogP contribution in [0.4, 0.5) is 11.6 Å². The van der Waals surface area contributed by atoms with Gasteiger partial charge in [0.25, 0.3) is 0 Å². The zero-order chi connectivity index (χ0) is 12.3. The second kappa shape index (κ2) is 5.19. The molecule has 0 fully saturated rings. The number of hydrogen-bond acceptors (Lipinski definition) is 4. The molecule has 90 valence electrons. The smallest absolute Gasteiger partial charge is 0.128 e. The lowest BCUT2D eigenvalue weighted by molar-refractivity contribution is 0.897. The van der Waals surface area contributed by atoms with E-state index in [1.807, 2.05) is 36.6 Å². The van der Waals surface area contributed by atoms with Crippen molar-refractivity contribution in [2.24, 2.45) is 0 Å². The topological polar surface area (TPSA) is 37.0 Å². The van der Waals surface area contributed by atoms with Gasteiger partial charge in [-0.2, -0.15) is 0 Å². The van der Waals surface area contributed by atoms with Crippen molar-refractivity contribution in [3.63, 3.8) is 0 Å². The van der Waals surface area contributed by atoms with Gasteiger partial charge in [0.2, 0.25) is 0 Å². The van der Waals surface area contributed by atoms with E-state index >= 15 is 0 Å². The molecule has 0 aromatic carbocycles. The Balaban J connectivity index is 2.09. The zero-order valence-electron chi connectivity index (χ0n) is 10.3. The largest absolute Gasteiger partial charge is 0.373 e. The molecule has 0 aliphatic heterocycles. The van der Waals surface area contributed by atoms with Crippen molar-refractivity contribution >= 4 is 23.0 Å². The molecule has 0 aliphatic rings. The van der Waals surface area contributed by atoms with Gasteiger partial charge in [-0.15, -0.1) is 11.3 Å². The van der Waals surface area contributed by atoms with Crippen molar-refractivity contribution in [1.29, 1.82) is 0 Å². The number of rotatable bonds is 4. The van der Waals surface area contributed by atoms with E-state index in [0.29, 0.717) is 0 Å². The predicted octanol–water partition coefficient (Wildman–Crippen LogP) is 3.67. The summed E-state index contributed by atoms with van der Waals surface area (Å²) in [7, 11) is 1.87. The maximum absolute atomic E-state index is 4.45. The Morgan fingerprint density at radius 2 is 1.94 bits per heavy atom. The van der Waals surface area contributed by atoms with Gasteiger partial charge in [0, 0.05) is 16.8 Å². The van der Waals surface area contributed by atoms with Crippen molar-refractivity contribution in [1.82, 2.24) is 4.98 Å². The first-order valence-corrected chi connectivity index (χ1v) is 6.48. The molecule has 2 N–H and O–H groups in total. The molecule has 1 atom stereocenters. The Kier molecular flexibility index (Phi) is 3.64. The fourth-order valence-corrected chi connectivity index (χ4v) is 2.51. The number of aromatic nitrogens is 1. The van der Waals surface area contributed by atoms with Gasteiger partial charge < -0.3 is 10.6 Å². The third-order valence-corrected chi connectivity index (χ3v) is 3.74. The molecule has 0 bridgehead atoms. The molecule has 0 radical (unpaired) electrons. The molecule has 4 heteroatoms. The number of hydrogen-bond donors (Lipinski definition) is 2. The van der Waals surface area contributed by atoms with Crippen molar-refractivity contribution in [2.75, 3.05) is 17.7 Å². The third-order valence-electron chi connectivity index (χ3n) is 2.56. The molecule has 0 spiro atoms. The van der Waals surface area contributed by atoms with Gasteiger partial charge in [-0.25, -0.2) is 4.98 Å². The number of anilines is 2. The normalized spacial score (nSPS) is 12.2. The molecule has 0 saturated heterocycles. The van der Waals surface area contributed by atoms with Crippen LogP contribution in [-0.2, 0) is 0 Å². The molecular formula is C13H17N3S. The van der Waals surface area contributed by atoms with E-state index in [0.717, 1.165) is 11.6 Å². The predicted molar refractivity (Wildman–Crippen MR) is 74.9 cm³/mol. The maximum Gasteiger partial charge on any atom is 0.128 e. The molecule has 0 aliphatic carbocycles. The first kappa shape index (κ1) is 11.9. The van der Waals surface area contributed by atoms with Gasteiger partial charge >= 0.3 is 0 Å². The lowest BCUT2D eigenvalue weighted by Gasteiger charge is -2.13. The van der Waals surface area contributed by atoms with E-state index in [9.17, 15) is 0 Å². The molecule has 2 aromatic rings. The summed E-state index contributed by atoms with van der Waals surface area (Å²) in [5, 5.41) is 6.44. The highest BCUT2D eigenvalue weighted by Crippen LogP contribution is 2.25. The van der Waals surface area contributed by atoms with Crippen molar-refractivity contribution in [2.45, 2.75) is 19.9 Å². The second-order valence-electron chi connectivity index (χ2n) is 3.97. The first-order valence-electron chi connectivity index (χ1n) is 5.66. The molecule has 0 amide bonds. The van der Waals surface area contributed by atoms with Crippen LogP contribution in [0.15, 0.2) is 30.3 Å². The molecule has 3 nitrogen and oxygen atoms in total. The van der Waals surface area contributed by atoms with Crippen LogP contribution in [0.2, 0.25) is 0 Å². The van der Waals surface area contributed by atoms with Crippen molar-refractivity contribution in [3.05, 3.63) is 40.1 Å². The van der Waals surface area contributed by atoms with Crippen LogP contribution >= 0.6 is 11.3 Å². The minimum atomic E-state index is 0.285. The summed E-state index contributed by atoms with van der Waals surface area (Å²) in [6.45, 7) is 4.28. The van der Waals surface area contributed by atoms with Gasteiger partial charge in [0.05, 0.1) is 6.04 Å². The summed E-state index contributed by atoms with van der Waals surface area (Å²) in [5.74, 6) is 1.78. The number of aryl methyl sites for hydroxylation is 1. The highest BCUT2D eigenvalue weighted by molar-refractivity contribution is 7.12. The van der Waals surface area contributed by atoms with E-state index < -0.39 is 0 Å². The van der Waals surface area contributed by atoms with E-state index in [-0.39, 0.29) is 6.04 Å². The maximum atomic E-state index is 4.45. The van der Waals surface area contributed by atoms with Crippen molar-refractivity contribution in [3.8, 4) is 0 Å². The number of nitrogens with one attached hydrogen (secondary N) is 2. The van der Waals surface area contributed by atoms with Crippen LogP contribution in [-0.4, -0.2) is 12.0 Å². The molecule has 1 unspecified atom stereocenters. The minimum absolute atomic E-state index is 0.285. The zero-order valence-corrected chi connectivity index (χ0v) is 11.1. The molecule has 2 heterocycles. The van der Waals surface area contributed by atoms with Gasteiger partial charge in [0.15, 0.2) is 0 Å². The number of nitrogens with zero attached hydrogens (tertiary/aromatic N) is 1. The average Bonchev–Trinajstić information content (AvgIpc) is 2.76. The Morgan fingerprint density at radius 3 is 2.59 bits per heavy atom. The van der Waals surface area contributed by atoms with Gasteiger partial charge in [-0.05, 0) is 38.1 Å². The number of thiophene rings is 1. The highest BCUT2D eigenvalue weighted by atomic mass is 32.1. The summed E-state index contributed by atoms with van der Waals surface area (Å²) in [5.41, 5.74) is 0. The van der Waals surface area contributed by atoms with Crippen molar-refractivity contribution < 1.29 is 0 Å². The SMILES string of the molecule is CNc1cccc(NC(C)c2ccc(C)s2)n1. The highest BCUT2D eigenvalue weighted by Gasteiger charge is 2.08. The van der Waals surface area contributed by atoms with Crippen LogP contribution in [0.1, 0.15) is 22.7 Å². The molecule has 2 rings (SSSR count). The Morgan fingerprint density at radius 1 is 1.18 bits per heavy atom. The van der Waals surface area contributed by atoms with Crippen LogP contribution in [0, 0.1) is 6.92 Å². The summed E-state index contributed by atoms with van der Waals surface area (Å²) in [4.78, 5) is 7.12. The Labute approximate surface area is 106 Å². The average molecular weight is 247 g/mol. The van der Waals surface area contributed by atoms with Gasteiger partial charge in [-0.1, -0.05) is 6.07 Å². The van der Waals surface area contributed by atoms with Crippen LogP contribution < -0.4 is 10.6 Å². The summed E-state index contributed by atoms with van der Waals surface area (Å²) < 4.78 is 0. The minimum Gasteiger partial charge on any atom is -0.373 e. The quantitative estimate of drug-likeness (QED) is 0.865. The van der Waals surface area contributed by atoms with Crippen LogP contribution in [0.25, 0.3) is 0 Å². The molecule has 0 saturated carbocycles. The van der Waals surface area contributed by atoms with E-state index in [1.54, 1.807) is 0 Å². The molecular weight excluding hydrogens is 230 g/mol. The van der Waals surface area contributed by atoms with E-state index in [4.69, 9.17) is 0 Å². The van der Waals surface area contributed by atoms with Crippen LogP contribution in [0.3, 0.4) is 0 Å². The Bertz CT molecular complexity index is 493. The lowest BCUT2D eigenvalue weighted by Crippen LogP contribution is -2.07. The second-order valence-corrected chi connectivity index (χ2v) is 5.29. The fourth-order valence-electron chi connectivity index (χ4n) is 1.63. The van der Waals surface area contributed by atoms with Crippen LogP contribution in [0.5, 0.6) is 0 Å². The first-order chi connectivity index (χ1) is 8.19.